The van der Waals surface area contributed by atoms with Crippen LogP contribution in [0.2, 0.25) is 0 Å². The number of aryl methyl sites for hydroxylation is 3. The standard InChI is InChI=1S/C24H20FN5O/c1-14-12-20-22(29-24(30(20)3)17-4-8-18(25)9-5-17)23(27-14)28-19-10-6-16(7-11-19)21-13-26-15(2)31-21/h4-13H,1-3H3,(H,27,28). The molecule has 0 aliphatic carbocycles. The summed E-state index contributed by atoms with van der Waals surface area (Å²) < 4.78 is 20.9. The third-order valence-corrected chi connectivity index (χ3v) is 5.15. The molecule has 3 aromatic heterocycles. The van der Waals surface area contributed by atoms with Crippen molar-refractivity contribution in [3.63, 3.8) is 0 Å². The van der Waals surface area contributed by atoms with Crippen LogP contribution < -0.4 is 5.32 Å². The zero-order valence-corrected chi connectivity index (χ0v) is 17.3. The number of imidazole rings is 1. The lowest BCUT2D eigenvalue weighted by molar-refractivity contribution is 0.534. The van der Waals surface area contributed by atoms with E-state index in [-0.39, 0.29) is 5.82 Å². The molecule has 6 nitrogen and oxygen atoms in total. The Morgan fingerprint density at radius 2 is 1.65 bits per heavy atom. The minimum atomic E-state index is -0.272. The molecule has 5 rings (SSSR count). The lowest BCUT2D eigenvalue weighted by Gasteiger charge is -2.08. The van der Waals surface area contributed by atoms with Gasteiger partial charge in [0.1, 0.15) is 17.2 Å². The molecule has 0 radical (unpaired) electrons. The number of oxazole rings is 1. The molecule has 0 aliphatic heterocycles. The fraction of sp³-hybridized carbons (Fsp3) is 0.125. The molecule has 0 unspecified atom stereocenters. The van der Waals surface area contributed by atoms with Crippen LogP contribution in [0.5, 0.6) is 0 Å². The second kappa shape index (κ2) is 7.36. The van der Waals surface area contributed by atoms with Crippen molar-refractivity contribution in [3.8, 4) is 22.7 Å². The highest BCUT2D eigenvalue weighted by atomic mass is 19.1. The summed E-state index contributed by atoms with van der Waals surface area (Å²) in [6.07, 6.45) is 1.72. The number of benzene rings is 2. The highest BCUT2D eigenvalue weighted by Crippen LogP contribution is 2.30. The summed E-state index contributed by atoms with van der Waals surface area (Å²) in [7, 11) is 1.95. The number of hydrogen-bond acceptors (Lipinski definition) is 5. The Morgan fingerprint density at radius 3 is 2.32 bits per heavy atom. The van der Waals surface area contributed by atoms with Crippen molar-refractivity contribution in [3.05, 3.63) is 78.2 Å². The molecule has 5 aromatic rings. The zero-order valence-electron chi connectivity index (χ0n) is 17.3. The highest BCUT2D eigenvalue weighted by molar-refractivity contribution is 5.91. The van der Waals surface area contributed by atoms with E-state index in [4.69, 9.17) is 9.40 Å². The number of nitrogens with one attached hydrogen (secondary N) is 1. The van der Waals surface area contributed by atoms with Crippen molar-refractivity contribution in [1.29, 1.82) is 0 Å². The Kier molecular flexibility index (Phi) is 4.51. The van der Waals surface area contributed by atoms with Crippen LogP contribution in [-0.2, 0) is 7.05 Å². The zero-order chi connectivity index (χ0) is 21.5. The van der Waals surface area contributed by atoms with Crippen LogP contribution >= 0.6 is 0 Å². The van der Waals surface area contributed by atoms with E-state index in [1.165, 1.54) is 12.1 Å². The van der Waals surface area contributed by atoms with Gasteiger partial charge in [-0.3, -0.25) is 0 Å². The maximum atomic E-state index is 13.3. The molecule has 0 aliphatic rings. The molecule has 3 heterocycles. The van der Waals surface area contributed by atoms with Gasteiger partial charge in [-0.15, -0.1) is 0 Å². The minimum absolute atomic E-state index is 0.272. The lowest BCUT2D eigenvalue weighted by atomic mass is 10.1. The number of nitrogens with zero attached hydrogens (tertiary/aromatic N) is 4. The monoisotopic (exact) mass is 413 g/mol. The Balaban J connectivity index is 1.52. The first-order chi connectivity index (χ1) is 15.0. The third-order valence-electron chi connectivity index (χ3n) is 5.15. The first kappa shape index (κ1) is 19.0. The van der Waals surface area contributed by atoms with Crippen LogP contribution in [0, 0.1) is 19.7 Å². The van der Waals surface area contributed by atoms with Gasteiger partial charge >= 0.3 is 0 Å². The molecule has 0 atom stereocenters. The normalized spacial score (nSPS) is 11.2. The fourth-order valence-electron chi connectivity index (χ4n) is 3.60. The maximum Gasteiger partial charge on any atom is 0.191 e. The summed E-state index contributed by atoms with van der Waals surface area (Å²) in [5, 5.41) is 3.38. The summed E-state index contributed by atoms with van der Waals surface area (Å²) in [4.78, 5) is 13.6. The number of fused-ring (bicyclic) bond motifs is 1. The second-order valence-electron chi connectivity index (χ2n) is 7.43. The van der Waals surface area contributed by atoms with E-state index in [0.717, 1.165) is 45.1 Å². The predicted octanol–water partition coefficient (Wildman–Crippen LogP) is 5.79. The number of halogens is 1. The molecule has 31 heavy (non-hydrogen) atoms. The molecule has 154 valence electrons. The van der Waals surface area contributed by atoms with E-state index >= 15 is 0 Å². The molecule has 0 amide bonds. The molecule has 0 spiro atoms. The topological polar surface area (TPSA) is 68.8 Å². The lowest BCUT2D eigenvalue weighted by Crippen LogP contribution is -1.97. The largest absolute Gasteiger partial charge is 0.441 e. The van der Waals surface area contributed by atoms with Gasteiger partial charge in [-0.05, 0) is 61.5 Å². The molecule has 0 fully saturated rings. The van der Waals surface area contributed by atoms with Gasteiger partial charge in [0.25, 0.3) is 0 Å². The van der Waals surface area contributed by atoms with Crippen LogP contribution in [0.1, 0.15) is 11.6 Å². The van der Waals surface area contributed by atoms with Gasteiger partial charge < -0.3 is 14.3 Å². The van der Waals surface area contributed by atoms with Gasteiger partial charge in [-0.1, -0.05) is 0 Å². The smallest absolute Gasteiger partial charge is 0.191 e. The Labute approximate surface area is 178 Å². The second-order valence-corrected chi connectivity index (χ2v) is 7.43. The Hall–Kier alpha value is -4.00. The fourth-order valence-corrected chi connectivity index (χ4v) is 3.60. The molecular formula is C24H20FN5O. The van der Waals surface area contributed by atoms with Gasteiger partial charge in [0.05, 0.1) is 11.7 Å². The van der Waals surface area contributed by atoms with Crippen molar-refractivity contribution in [2.75, 3.05) is 5.32 Å². The minimum Gasteiger partial charge on any atom is -0.441 e. The van der Waals surface area contributed by atoms with Gasteiger partial charge in [0.15, 0.2) is 17.5 Å². The maximum absolute atomic E-state index is 13.3. The number of rotatable bonds is 4. The van der Waals surface area contributed by atoms with Gasteiger partial charge in [-0.25, -0.2) is 19.3 Å². The van der Waals surface area contributed by atoms with Crippen molar-refractivity contribution >= 4 is 22.5 Å². The van der Waals surface area contributed by atoms with Crippen molar-refractivity contribution in [2.24, 2.45) is 7.05 Å². The Morgan fingerprint density at radius 1 is 0.935 bits per heavy atom. The average molecular weight is 413 g/mol. The Bertz CT molecular complexity index is 1380. The summed E-state index contributed by atoms with van der Waals surface area (Å²) in [5.41, 5.74) is 5.25. The predicted molar refractivity (Wildman–Crippen MR) is 119 cm³/mol. The molecule has 0 saturated heterocycles. The summed E-state index contributed by atoms with van der Waals surface area (Å²) in [6, 6.07) is 16.2. The SMILES string of the molecule is Cc1cc2c(nc(-c3ccc(F)cc3)n2C)c(Nc2ccc(-c3cnc(C)o3)cc2)n1. The molecule has 0 bridgehead atoms. The van der Waals surface area contributed by atoms with E-state index in [1.807, 2.05) is 55.8 Å². The van der Waals surface area contributed by atoms with E-state index < -0.39 is 0 Å². The van der Waals surface area contributed by atoms with Gasteiger partial charge in [0, 0.05) is 36.5 Å². The van der Waals surface area contributed by atoms with Crippen molar-refractivity contribution in [2.45, 2.75) is 13.8 Å². The van der Waals surface area contributed by atoms with E-state index in [0.29, 0.717) is 11.7 Å². The first-order valence-electron chi connectivity index (χ1n) is 9.88. The van der Waals surface area contributed by atoms with Crippen molar-refractivity contribution in [1.82, 2.24) is 19.5 Å². The van der Waals surface area contributed by atoms with Crippen LogP contribution in [-0.4, -0.2) is 19.5 Å². The van der Waals surface area contributed by atoms with Crippen molar-refractivity contribution < 1.29 is 8.81 Å². The highest BCUT2D eigenvalue weighted by Gasteiger charge is 2.15. The number of hydrogen-bond donors (Lipinski definition) is 1. The number of anilines is 2. The van der Waals surface area contributed by atoms with Crippen LogP contribution in [0.25, 0.3) is 33.7 Å². The quantitative estimate of drug-likeness (QED) is 0.404. The van der Waals surface area contributed by atoms with E-state index in [9.17, 15) is 4.39 Å². The van der Waals surface area contributed by atoms with E-state index in [1.54, 1.807) is 18.3 Å². The first-order valence-corrected chi connectivity index (χ1v) is 9.88. The van der Waals surface area contributed by atoms with E-state index in [2.05, 4.69) is 15.3 Å². The number of aromatic nitrogens is 4. The third kappa shape index (κ3) is 3.54. The molecule has 7 heteroatoms. The summed E-state index contributed by atoms with van der Waals surface area (Å²) in [5.74, 6) is 2.51. The average Bonchev–Trinajstić information content (AvgIpc) is 3.33. The summed E-state index contributed by atoms with van der Waals surface area (Å²) in [6.45, 7) is 3.77. The van der Waals surface area contributed by atoms with Crippen LogP contribution in [0.15, 0.2) is 65.2 Å². The molecule has 1 N–H and O–H groups in total. The molecule has 0 saturated carbocycles. The van der Waals surface area contributed by atoms with Crippen LogP contribution in [0.3, 0.4) is 0 Å². The van der Waals surface area contributed by atoms with Gasteiger partial charge in [0.2, 0.25) is 0 Å². The molecule has 2 aromatic carbocycles. The number of pyridine rings is 1. The van der Waals surface area contributed by atoms with Gasteiger partial charge in [-0.2, -0.15) is 0 Å². The van der Waals surface area contributed by atoms with Crippen LogP contribution in [0.4, 0.5) is 15.9 Å². The summed E-state index contributed by atoms with van der Waals surface area (Å²) >= 11 is 0. The molecular weight excluding hydrogens is 393 g/mol.